The zero-order valence-electron chi connectivity index (χ0n) is 21.0. The highest BCUT2D eigenvalue weighted by Gasteiger charge is 2.55. The number of phenolic OH excluding ortho intramolecular Hbond substituents is 1. The van der Waals surface area contributed by atoms with E-state index in [-0.39, 0.29) is 5.75 Å². The number of nitrogens with zero attached hydrogens (tertiary/aromatic N) is 3. The molecule has 5 atom stereocenters. The smallest absolute Gasteiger partial charge is 0.224 e. The van der Waals surface area contributed by atoms with E-state index in [9.17, 15) is 10.4 Å². The van der Waals surface area contributed by atoms with E-state index >= 15 is 0 Å². The Kier molecular flexibility index (Phi) is 6.47. The Labute approximate surface area is 214 Å². The maximum atomic E-state index is 10.0. The van der Waals surface area contributed by atoms with Crippen molar-refractivity contribution in [2.45, 2.75) is 82.8 Å². The molecule has 1 aromatic carbocycles. The first kappa shape index (κ1) is 23.5. The highest BCUT2D eigenvalue weighted by molar-refractivity contribution is 5.53. The molecule has 1 heterocycles. The second-order valence-corrected chi connectivity index (χ2v) is 11.9. The van der Waals surface area contributed by atoms with Crippen LogP contribution in [0.3, 0.4) is 0 Å². The third-order valence-corrected chi connectivity index (χ3v) is 9.40. The first-order valence-corrected chi connectivity index (χ1v) is 13.9. The van der Waals surface area contributed by atoms with Crippen LogP contribution in [0.25, 0.3) is 0 Å². The summed E-state index contributed by atoms with van der Waals surface area (Å²) in [5.41, 5.74) is 1.57. The van der Waals surface area contributed by atoms with Crippen molar-refractivity contribution >= 4 is 11.8 Å². The molecule has 2 aromatic rings. The predicted octanol–water partition coefficient (Wildman–Crippen LogP) is 5.20. The lowest BCUT2D eigenvalue weighted by Crippen LogP contribution is -2.61. The molecule has 0 spiro atoms. The van der Waals surface area contributed by atoms with Gasteiger partial charge in [-0.25, -0.2) is 4.98 Å². The van der Waals surface area contributed by atoms with Crippen LogP contribution in [0.15, 0.2) is 30.5 Å². The van der Waals surface area contributed by atoms with Crippen LogP contribution in [-0.2, 0) is 6.54 Å². The number of anilines is 2. The summed E-state index contributed by atoms with van der Waals surface area (Å²) >= 11 is 0. The van der Waals surface area contributed by atoms with E-state index in [2.05, 4.69) is 32.0 Å². The summed E-state index contributed by atoms with van der Waals surface area (Å²) in [5, 5.41) is 30.6. The maximum absolute atomic E-state index is 10.0. The molecule has 5 fully saturated rings. The third-order valence-electron chi connectivity index (χ3n) is 9.40. The second kappa shape index (κ2) is 9.89. The molecule has 0 radical (unpaired) electrons. The number of benzene rings is 1. The van der Waals surface area contributed by atoms with Crippen molar-refractivity contribution in [2.24, 2.45) is 23.2 Å². The average Bonchev–Trinajstić information content (AvgIpc) is 2.89. The molecule has 5 saturated carbocycles. The highest BCUT2D eigenvalue weighted by atomic mass is 16.3. The number of aromatic hydroxyl groups is 1. The summed E-state index contributed by atoms with van der Waals surface area (Å²) in [6.45, 7) is 1.29. The largest absolute Gasteiger partial charge is 0.508 e. The lowest BCUT2D eigenvalue weighted by molar-refractivity contribution is -0.0728. The minimum absolute atomic E-state index is 0.245. The Morgan fingerprint density at radius 2 is 1.81 bits per heavy atom. The monoisotopic (exact) mass is 486 g/mol. The Balaban J connectivity index is 1.12. The maximum Gasteiger partial charge on any atom is 0.224 e. The van der Waals surface area contributed by atoms with E-state index in [0.29, 0.717) is 35.3 Å². The topological polar surface area (TPSA) is 106 Å². The van der Waals surface area contributed by atoms with Crippen LogP contribution >= 0.6 is 0 Å². The predicted molar refractivity (Wildman–Crippen MR) is 140 cm³/mol. The number of para-hydroxylation sites is 1. The van der Waals surface area contributed by atoms with Crippen molar-refractivity contribution < 1.29 is 5.11 Å². The average molecular weight is 487 g/mol. The van der Waals surface area contributed by atoms with Gasteiger partial charge < -0.3 is 21.1 Å². The third kappa shape index (κ3) is 4.76. The fourth-order valence-electron chi connectivity index (χ4n) is 8.01. The molecule has 0 amide bonds. The summed E-state index contributed by atoms with van der Waals surface area (Å²) < 4.78 is 0. The number of aromatic nitrogens is 2. The first-order chi connectivity index (χ1) is 17.6. The van der Waals surface area contributed by atoms with Crippen molar-refractivity contribution in [3.63, 3.8) is 0 Å². The second-order valence-electron chi connectivity index (χ2n) is 11.9. The minimum Gasteiger partial charge on any atom is -0.508 e. The normalized spacial score (nSPS) is 31.2. The Hall–Kier alpha value is -2.85. The van der Waals surface area contributed by atoms with E-state index in [1.165, 1.54) is 64.2 Å². The molecule has 4 N–H and O–H groups in total. The van der Waals surface area contributed by atoms with Crippen LogP contribution in [-0.4, -0.2) is 33.7 Å². The van der Waals surface area contributed by atoms with Gasteiger partial charge in [0.15, 0.2) is 0 Å². The molecule has 7 rings (SSSR count). The van der Waals surface area contributed by atoms with Gasteiger partial charge >= 0.3 is 0 Å². The lowest BCUT2D eigenvalue weighted by atomic mass is 9.47. The highest BCUT2D eigenvalue weighted by Crippen LogP contribution is 2.60. The molecule has 5 aliphatic rings. The molecule has 7 heteroatoms. The summed E-state index contributed by atoms with van der Waals surface area (Å²) in [4.78, 5) is 8.97. The van der Waals surface area contributed by atoms with Crippen molar-refractivity contribution in [3.8, 4) is 11.8 Å². The van der Waals surface area contributed by atoms with Gasteiger partial charge in [-0.2, -0.15) is 10.2 Å². The summed E-state index contributed by atoms with van der Waals surface area (Å²) in [6.07, 6.45) is 15.1. The zero-order valence-corrected chi connectivity index (χ0v) is 21.0. The van der Waals surface area contributed by atoms with Gasteiger partial charge in [-0.1, -0.05) is 37.5 Å². The number of hydrogen-bond donors (Lipinski definition) is 4. The van der Waals surface area contributed by atoms with Gasteiger partial charge in [0.2, 0.25) is 5.95 Å². The molecular weight excluding hydrogens is 448 g/mol. The van der Waals surface area contributed by atoms with Gasteiger partial charge in [-0.15, -0.1) is 0 Å². The van der Waals surface area contributed by atoms with Gasteiger partial charge in [0.1, 0.15) is 23.2 Å². The Bertz CT molecular complexity index is 1110. The van der Waals surface area contributed by atoms with E-state index in [0.717, 1.165) is 35.9 Å². The van der Waals surface area contributed by atoms with Crippen molar-refractivity contribution in [1.82, 2.24) is 15.3 Å². The minimum atomic E-state index is 0.245. The van der Waals surface area contributed by atoms with Gasteiger partial charge in [-0.05, 0) is 74.2 Å². The van der Waals surface area contributed by atoms with Crippen molar-refractivity contribution in [3.05, 3.63) is 41.6 Å². The van der Waals surface area contributed by atoms with Gasteiger partial charge in [0.05, 0.1) is 6.20 Å². The number of nitrogens with one attached hydrogen (secondary N) is 3. The van der Waals surface area contributed by atoms with E-state index in [1.54, 1.807) is 18.3 Å². The lowest BCUT2D eigenvalue weighted by Gasteiger charge is -2.61. The van der Waals surface area contributed by atoms with Crippen LogP contribution in [0.4, 0.5) is 11.8 Å². The molecule has 4 bridgehead atoms. The number of phenols is 1. The summed E-state index contributed by atoms with van der Waals surface area (Å²) in [7, 11) is 0. The van der Waals surface area contributed by atoms with Crippen molar-refractivity contribution in [1.29, 1.82) is 5.26 Å². The Morgan fingerprint density at radius 1 is 1.03 bits per heavy atom. The fraction of sp³-hybridized carbons (Fsp3) is 0.621. The molecule has 0 aliphatic heterocycles. The van der Waals surface area contributed by atoms with Crippen LogP contribution < -0.4 is 16.0 Å². The SMILES string of the molecule is N#Cc1cnc(NCc2ccccc2O)nc1NC[C@@]12CC3C[C@H](C1)C(NC1CCCCC1)[C@@H](C3)C2. The summed E-state index contributed by atoms with van der Waals surface area (Å²) in [6, 6.07) is 10.9. The van der Waals surface area contributed by atoms with Gasteiger partial charge in [-0.3, -0.25) is 0 Å². The standard InChI is InChI=1S/C29H38N6O/c30-15-23-17-32-28(31-16-20-6-4-5-9-25(20)36)35-27(23)33-18-29-12-19-10-21(13-29)26(22(11-19)14-29)34-24-7-2-1-3-8-24/h4-6,9,17,19,21-22,24,26,34,36H,1-3,7-8,10-14,16,18H2,(H2,31,32,33,35)/t19?,21-,22+,26?,29+. The molecule has 36 heavy (non-hydrogen) atoms. The molecular formula is C29H38N6O. The van der Waals surface area contributed by atoms with Crippen LogP contribution in [0.1, 0.15) is 75.3 Å². The molecule has 190 valence electrons. The van der Waals surface area contributed by atoms with E-state index in [1.807, 2.05) is 12.1 Å². The number of rotatable bonds is 8. The van der Waals surface area contributed by atoms with Crippen LogP contribution in [0.5, 0.6) is 5.75 Å². The zero-order chi connectivity index (χ0) is 24.5. The van der Waals surface area contributed by atoms with Crippen molar-refractivity contribution in [2.75, 3.05) is 17.2 Å². The first-order valence-electron chi connectivity index (χ1n) is 13.9. The Morgan fingerprint density at radius 3 is 2.56 bits per heavy atom. The molecule has 5 aliphatic carbocycles. The number of nitriles is 1. The molecule has 7 nitrogen and oxygen atoms in total. The van der Waals surface area contributed by atoms with E-state index in [4.69, 9.17) is 0 Å². The molecule has 1 aromatic heterocycles. The fourth-order valence-corrected chi connectivity index (χ4v) is 8.01. The quantitative estimate of drug-likeness (QED) is 0.407. The summed E-state index contributed by atoms with van der Waals surface area (Å²) in [5.74, 6) is 3.75. The van der Waals surface area contributed by atoms with Crippen LogP contribution in [0, 0.1) is 34.5 Å². The number of hydrogen-bond acceptors (Lipinski definition) is 7. The van der Waals surface area contributed by atoms with Gasteiger partial charge in [0, 0.05) is 30.7 Å². The van der Waals surface area contributed by atoms with Gasteiger partial charge in [0.25, 0.3) is 0 Å². The molecule has 0 saturated heterocycles. The van der Waals surface area contributed by atoms with E-state index < -0.39 is 0 Å². The van der Waals surface area contributed by atoms with Crippen LogP contribution in [0.2, 0.25) is 0 Å². The molecule has 2 unspecified atom stereocenters.